The smallest absolute Gasteiger partial charge is 0.336 e. The highest BCUT2D eigenvalue weighted by Crippen LogP contribution is 2.38. The summed E-state index contributed by atoms with van der Waals surface area (Å²) in [6.07, 6.45) is 24.2. The van der Waals surface area contributed by atoms with Crippen LogP contribution in [0, 0.1) is 11.3 Å². The van der Waals surface area contributed by atoms with Gasteiger partial charge < -0.3 is 18.9 Å². The van der Waals surface area contributed by atoms with Crippen LogP contribution < -0.4 is 0 Å². The quantitative estimate of drug-likeness (QED) is 0.0279. The number of unbranched alkanes of at least 4 members (excludes halogenated alkanes) is 20. The molecule has 1 unspecified atom stereocenters. The molecule has 0 aliphatic heterocycles. The summed E-state index contributed by atoms with van der Waals surface area (Å²) in [6, 6.07) is 0. The molecule has 0 rings (SSSR count). The van der Waals surface area contributed by atoms with Gasteiger partial charge in [0.15, 0.2) is 0 Å². The third-order valence-corrected chi connectivity index (χ3v) is 9.29. The van der Waals surface area contributed by atoms with Crippen LogP contribution in [0.3, 0.4) is 0 Å². The van der Waals surface area contributed by atoms with E-state index in [9.17, 15) is 19.2 Å². The van der Waals surface area contributed by atoms with Crippen molar-refractivity contribution in [3.63, 3.8) is 0 Å². The van der Waals surface area contributed by atoms with E-state index in [4.69, 9.17) is 18.9 Å². The number of ether oxygens (including phenoxy) is 4. The predicted molar refractivity (Wildman–Crippen MR) is 198 cm³/mol. The Kier molecular flexibility index (Phi) is 31.6. The van der Waals surface area contributed by atoms with Gasteiger partial charge in [-0.15, -0.1) is 0 Å². The van der Waals surface area contributed by atoms with E-state index in [1.807, 2.05) is 6.92 Å². The molecule has 0 heterocycles. The average Bonchev–Trinajstić information content (AvgIpc) is 3.09. The van der Waals surface area contributed by atoms with Crippen molar-refractivity contribution in [2.24, 2.45) is 11.3 Å². The Morgan fingerprint density at radius 2 is 0.633 bits per heavy atom. The number of rotatable bonds is 35. The van der Waals surface area contributed by atoms with E-state index >= 15 is 0 Å². The van der Waals surface area contributed by atoms with Crippen LogP contribution in [-0.4, -0.2) is 50.3 Å². The molecule has 288 valence electrons. The van der Waals surface area contributed by atoms with Gasteiger partial charge in [0, 0.05) is 0 Å². The number of esters is 4. The van der Waals surface area contributed by atoms with Crippen LogP contribution >= 0.6 is 0 Å². The van der Waals surface area contributed by atoms with Crippen molar-refractivity contribution >= 4 is 23.9 Å². The molecular formula is C41H76O8. The van der Waals surface area contributed by atoms with Gasteiger partial charge in [-0.25, -0.2) is 0 Å². The maximum Gasteiger partial charge on any atom is 0.336 e. The van der Waals surface area contributed by atoms with Gasteiger partial charge in [0.25, 0.3) is 5.41 Å². The molecule has 0 radical (unpaired) electrons. The number of hydrogen-bond donors (Lipinski definition) is 0. The Bertz CT molecular complexity index is 752. The van der Waals surface area contributed by atoms with Crippen molar-refractivity contribution in [2.45, 2.75) is 202 Å². The van der Waals surface area contributed by atoms with Crippen LogP contribution in [0.15, 0.2) is 0 Å². The number of carbonyl (C=O) groups is 4. The highest BCUT2D eigenvalue weighted by Gasteiger charge is 2.65. The normalized spacial score (nSPS) is 12.0. The largest absolute Gasteiger partial charge is 0.465 e. The van der Waals surface area contributed by atoms with Crippen LogP contribution in [-0.2, 0) is 38.1 Å². The molecule has 0 fully saturated rings. The summed E-state index contributed by atoms with van der Waals surface area (Å²) < 4.78 is 22.8. The summed E-state index contributed by atoms with van der Waals surface area (Å²) in [5, 5.41) is 0. The van der Waals surface area contributed by atoms with Crippen LogP contribution in [0.25, 0.3) is 0 Å². The minimum Gasteiger partial charge on any atom is -0.465 e. The lowest BCUT2D eigenvalue weighted by Gasteiger charge is -2.33. The number of hydrogen-bond acceptors (Lipinski definition) is 8. The topological polar surface area (TPSA) is 105 Å². The summed E-state index contributed by atoms with van der Waals surface area (Å²) in [6.45, 7) is 10.8. The summed E-state index contributed by atoms with van der Waals surface area (Å²) in [7, 11) is 0. The Morgan fingerprint density at radius 3 is 0.918 bits per heavy atom. The first kappa shape index (κ1) is 46.9. The average molecular weight is 697 g/mol. The van der Waals surface area contributed by atoms with E-state index in [0.717, 1.165) is 122 Å². The SMILES string of the molecule is CCCCCCCCOC(=O)C(CCC)C(C(=O)OCCCCCCCC)(C(=O)OCCCCCCCC)C(=O)OCCCCCCCC. The van der Waals surface area contributed by atoms with Gasteiger partial charge >= 0.3 is 23.9 Å². The summed E-state index contributed by atoms with van der Waals surface area (Å²) in [5.41, 5.74) is -2.57. The van der Waals surface area contributed by atoms with Crippen LogP contribution in [0.4, 0.5) is 0 Å². The molecule has 0 saturated carbocycles. The minimum absolute atomic E-state index is 0.0494. The molecular weight excluding hydrogens is 620 g/mol. The van der Waals surface area contributed by atoms with E-state index in [2.05, 4.69) is 27.7 Å². The van der Waals surface area contributed by atoms with Gasteiger partial charge in [-0.3, -0.25) is 19.2 Å². The Morgan fingerprint density at radius 1 is 0.367 bits per heavy atom. The third-order valence-electron chi connectivity index (χ3n) is 9.29. The summed E-state index contributed by atoms with van der Waals surface area (Å²) in [4.78, 5) is 56.3. The molecule has 0 aliphatic rings. The molecule has 0 amide bonds. The van der Waals surface area contributed by atoms with E-state index < -0.39 is 35.2 Å². The van der Waals surface area contributed by atoms with E-state index in [0.29, 0.717) is 32.1 Å². The molecule has 0 spiro atoms. The molecule has 0 N–H and O–H groups in total. The van der Waals surface area contributed by atoms with Crippen molar-refractivity contribution in [3.05, 3.63) is 0 Å². The van der Waals surface area contributed by atoms with Crippen LogP contribution in [0.5, 0.6) is 0 Å². The van der Waals surface area contributed by atoms with Crippen LogP contribution in [0.2, 0.25) is 0 Å². The Balaban J connectivity index is 6.16. The zero-order valence-electron chi connectivity index (χ0n) is 32.6. The van der Waals surface area contributed by atoms with Crippen molar-refractivity contribution in [3.8, 4) is 0 Å². The Labute approximate surface area is 300 Å². The fourth-order valence-electron chi connectivity index (χ4n) is 6.12. The first-order valence-electron chi connectivity index (χ1n) is 20.6. The fraction of sp³-hybridized carbons (Fsp3) is 0.902. The molecule has 0 aliphatic carbocycles. The zero-order chi connectivity index (χ0) is 36.4. The van der Waals surface area contributed by atoms with Gasteiger partial charge in [-0.1, -0.05) is 169 Å². The van der Waals surface area contributed by atoms with Gasteiger partial charge in [-0.2, -0.15) is 0 Å². The second-order valence-corrected chi connectivity index (χ2v) is 13.8. The first-order chi connectivity index (χ1) is 23.9. The van der Waals surface area contributed by atoms with Gasteiger partial charge in [0.1, 0.15) is 0 Å². The summed E-state index contributed by atoms with van der Waals surface area (Å²) >= 11 is 0. The molecule has 8 nitrogen and oxygen atoms in total. The van der Waals surface area contributed by atoms with Crippen LogP contribution in [0.1, 0.15) is 202 Å². The Hall–Kier alpha value is -2.12. The maximum atomic E-state index is 14.2. The van der Waals surface area contributed by atoms with E-state index in [1.54, 1.807) is 0 Å². The molecule has 0 bridgehead atoms. The molecule has 0 aromatic rings. The first-order valence-corrected chi connectivity index (χ1v) is 20.6. The standard InChI is InChI=1S/C41H76O8/c1-6-11-15-19-23-27-32-46-37(42)36(31-10-5)41(38(43)47-33-28-24-20-16-12-7-2,39(44)48-34-29-25-21-17-13-8-3)40(45)49-35-30-26-22-18-14-9-4/h36H,6-35H2,1-5H3. The van der Waals surface area contributed by atoms with Crippen molar-refractivity contribution in [1.82, 2.24) is 0 Å². The molecule has 8 heteroatoms. The minimum atomic E-state index is -2.57. The highest BCUT2D eigenvalue weighted by atomic mass is 16.6. The fourth-order valence-corrected chi connectivity index (χ4v) is 6.12. The zero-order valence-corrected chi connectivity index (χ0v) is 32.6. The van der Waals surface area contributed by atoms with Crippen molar-refractivity contribution in [1.29, 1.82) is 0 Å². The second-order valence-electron chi connectivity index (χ2n) is 13.8. The van der Waals surface area contributed by atoms with E-state index in [-0.39, 0.29) is 32.8 Å². The van der Waals surface area contributed by atoms with Crippen molar-refractivity contribution in [2.75, 3.05) is 26.4 Å². The molecule has 0 aromatic heterocycles. The third kappa shape index (κ3) is 21.0. The van der Waals surface area contributed by atoms with Gasteiger partial charge in [-0.05, 0) is 32.1 Å². The molecule has 1 atom stereocenters. The van der Waals surface area contributed by atoms with Gasteiger partial charge in [0.05, 0.1) is 32.3 Å². The molecule has 49 heavy (non-hydrogen) atoms. The molecule has 0 aromatic carbocycles. The number of carbonyl (C=O) groups excluding carboxylic acids is 4. The van der Waals surface area contributed by atoms with Gasteiger partial charge in [0.2, 0.25) is 0 Å². The maximum absolute atomic E-state index is 14.2. The van der Waals surface area contributed by atoms with Crippen molar-refractivity contribution < 1.29 is 38.1 Å². The lowest BCUT2D eigenvalue weighted by atomic mass is 9.72. The predicted octanol–water partition coefficient (Wildman–Crippen LogP) is 11.0. The molecule has 0 saturated heterocycles. The lowest BCUT2D eigenvalue weighted by molar-refractivity contribution is -0.195. The summed E-state index contributed by atoms with van der Waals surface area (Å²) in [5.74, 6) is -5.32. The lowest BCUT2D eigenvalue weighted by Crippen LogP contribution is -2.57. The van der Waals surface area contributed by atoms with E-state index in [1.165, 1.54) is 6.42 Å². The monoisotopic (exact) mass is 697 g/mol. The second kappa shape index (κ2) is 33.0. The highest BCUT2D eigenvalue weighted by molar-refractivity contribution is 6.20.